The molecule has 1 N–H and O–H groups in total. The quantitative estimate of drug-likeness (QED) is 0.781. The summed E-state index contributed by atoms with van der Waals surface area (Å²) in [4.78, 5) is 0. The highest BCUT2D eigenvalue weighted by atomic mass is 16.5. The van der Waals surface area contributed by atoms with Crippen LogP contribution in [0.25, 0.3) is 0 Å². The number of ether oxygens (including phenoxy) is 1. The predicted octanol–water partition coefficient (Wildman–Crippen LogP) is 3.61. The molecule has 1 aliphatic heterocycles. The molecule has 2 heteroatoms. The normalized spacial score (nSPS) is 31.5. The van der Waals surface area contributed by atoms with Crippen LogP contribution in [0.15, 0.2) is 0 Å². The smallest absolute Gasteiger partial charge is 0.0576 e. The van der Waals surface area contributed by atoms with E-state index in [0.717, 1.165) is 19.1 Å². The maximum atomic E-state index is 5.76. The monoisotopic (exact) mass is 253 g/mol. The molecule has 18 heavy (non-hydrogen) atoms. The second kappa shape index (κ2) is 5.13. The van der Waals surface area contributed by atoms with Gasteiger partial charge in [-0.25, -0.2) is 0 Å². The Hall–Kier alpha value is -0.0800. The first-order chi connectivity index (χ1) is 8.41. The lowest BCUT2D eigenvalue weighted by Crippen LogP contribution is -2.34. The second-order valence-corrected chi connectivity index (χ2v) is 7.30. The third-order valence-electron chi connectivity index (χ3n) is 5.82. The van der Waals surface area contributed by atoms with Crippen molar-refractivity contribution in [3.8, 4) is 0 Å². The zero-order valence-electron chi connectivity index (χ0n) is 12.9. The van der Waals surface area contributed by atoms with Crippen molar-refractivity contribution < 1.29 is 4.74 Å². The molecular weight excluding hydrogens is 222 g/mol. The molecule has 2 nitrogen and oxygen atoms in total. The van der Waals surface area contributed by atoms with E-state index in [2.05, 4.69) is 39.9 Å². The number of hydrogen-bond donors (Lipinski definition) is 1. The molecule has 0 aromatic carbocycles. The second-order valence-electron chi connectivity index (χ2n) is 7.30. The first kappa shape index (κ1) is 14.3. The van der Waals surface area contributed by atoms with E-state index in [0.29, 0.717) is 23.0 Å². The van der Waals surface area contributed by atoms with Crippen molar-refractivity contribution in [1.82, 2.24) is 5.32 Å². The van der Waals surface area contributed by atoms with Crippen LogP contribution in [0.3, 0.4) is 0 Å². The van der Waals surface area contributed by atoms with Gasteiger partial charge in [-0.1, -0.05) is 34.6 Å². The first-order valence-corrected chi connectivity index (χ1v) is 7.76. The highest BCUT2D eigenvalue weighted by molar-refractivity contribution is 5.16. The molecule has 0 amide bonds. The number of rotatable bonds is 6. The molecule has 0 radical (unpaired) electrons. The van der Waals surface area contributed by atoms with Crippen molar-refractivity contribution in [2.45, 2.75) is 72.4 Å². The molecule has 1 aliphatic carbocycles. The van der Waals surface area contributed by atoms with Gasteiger partial charge < -0.3 is 10.1 Å². The molecule has 0 bridgehead atoms. The molecule has 2 rings (SSSR count). The summed E-state index contributed by atoms with van der Waals surface area (Å²) in [6.45, 7) is 14.0. The lowest BCUT2D eigenvalue weighted by molar-refractivity contribution is 0.0980. The Morgan fingerprint density at radius 3 is 2.33 bits per heavy atom. The molecule has 1 saturated heterocycles. The van der Waals surface area contributed by atoms with E-state index in [1.54, 1.807) is 0 Å². The maximum absolute atomic E-state index is 5.76. The van der Waals surface area contributed by atoms with Crippen molar-refractivity contribution in [2.24, 2.45) is 16.7 Å². The highest BCUT2D eigenvalue weighted by Crippen LogP contribution is 2.70. The average Bonchev–Trinajstić information content (AvgIpc) is 2.71. The van der Waals surface area contributed by atoms with Crippen molar-refractivity contribution >= 4 is 0 Å². The first-order valence-electron chi connectivity index (χ1n) is 7.76. The van der Waals surface area contributed by atoms with E-state index in [-0.39, 0.29) is 0 Å². The zero-order chi connectivity index (χ0) is 13.4. The van der Waals surface area contributed by atoms with Gasteiger partial charge in [0.15, 0.2) is 0 Å². The van der Waals surface area contributed by atoms with Crippen LogP contribution in [0.2, 0.25) is 0 Å². The summed E-state index contributed by atoms with van der Waals surface area (Å²) < 4.78 is 5.76. The molecule has 2 unspecified atom stereocenters. The molecule has 0 aromatic heterocycles. The summed E-state index contributed by atoms with van der Waals surface area (Å²) in [5, 5.41) is 3.72. The third-order valence-corrected chi connectivity index (χ3v) is 5.82. The maximum Gasteiger partial charge on any atom is 0.0576 e. The minimum absolute atomic E-state index is 0.483. The van der Waals surface area contributed by atoms with Crippen LogP contribution in [-0.4, -0.2) is 25.3 Å². The van der Waals surface area contributed by atoms with Gasteiger partial charge in [0.2, 0.25) is 0 Å². The van der Waals surface area contributed by atoms with Crippen molar-refractivity contribution in [2.75, 3.05) is 13.2 Å². The van der Waals surface area contributed by atoms with Gasteiger partial charge in [-0.3, -0.25) is 0 Å². The van der Waals surface area contributed by atoms with Gasteiger partial charge in [0.05, 0.1) is 6.10 Å². The molecule has 2 atom stereocenters. The van der Waals surface area contributed by atoms with Crippen LogP contribution in [-0.2, 0) is 4.74 Å². The molecule has 2 aliphatic rings. The number of hydrogen-bond acceptors (Lipinski definition) is 2. The van der Waals surface area contributed by atoms with E-state index >= 15 is 0 Å². The zero-order valence-corrected chi connectivity index (χ0v) is 12.9. The predicted molar refractivity (Wildman–Crippen MR) is 76.7 cm³/mol. The van der Waals surface area contributed by atoms with Crippen molar-refractivity contribution in [1.29, 1.82) is 0 Å². The summed E-state index contributed by atoms with van der Waals surface area (Å²) in [5.74, 6) is 0.811. The third kappa shape index (κ3) is 2.46. The van der Waals surface area contributed by atoms with Gasteiger partial charge in [0, 0.05) is 12.6 Å². The van der Waals surface area contributed by atoms with E-state index in [9.17, 15) is 0 Å². The van der Waals surface area contributed by atoms with E-state index in [4.69, 9.17) is 4.74 Å². The SMILES string of the molecule is CCNC(CCC1CCCO1)C1C(C)(C)C1(C)C. The molecule has 106 valence electrons. The fourth-order valence-electron chi connectivity index (χ4n) is 4.14. The Labute approximate surface area is 113 Å². The topological polar surface area (TPSA) is 21.3 Å². The average molecular weight is 253 g/mol. The summed E-state index contributed by atoms with van der Waals surface area (Å²) >= 11 is 0. The van der Waals surface area contributed by atoms with E-state index in [1.807, 2.05) is 0 Å². The Morgan fingerprint density at radius 1 is 1.22 bits per heavy atom. The van der Waals surface area contributed by atoms with Gasteiger partial charge in [-0.15, -0.1) is 0 Å². The van der Waals surface area contributed by atoms with Crippen LogP contribution >= 0.6 is 0 Å². The standard InChI is InChI=1S/C16H31NO/c1-6-17-13(10-9-12-8-7-11-18-12)14-15(2,3)16(14,4)5/h12-14,17H,6-11H2,1-5H3. The van der Waals surface area contributed by atoms with Crippen molar-refractivity contribution in [3.63, 3.8) is 0 Å². The van der Waals surface area contributed by atoms with Crippen LogP contribution < -0.4 is 5.32 Å². The van der Waals surface area contributed by atoms with Crippen LogP contribution in [0, 0.1) is 16.7 Å². The molecule has 1 saturated carbocycles. The molecule has 0 aromatic rings. The lowest BCUT2D eigenvalue weighted by atomic mass is 9.97. The van der Waals surface area contributed by atoms with Crippen LogP contribution in [0.5, 0.6) is 0 Å². The van der Waals surface area contributed by atoms with Gasteiger partial charge in [-0.2, -0.15) is 0 Å². The van der Waals surface area contributed by atoms with E-state index < -0.39 is 0 Å². The van der Waals surface area contributed by atoms with Crippen molar-refractivity contribution in [3.05, 3.63) is 0 Å². The lowest BCUT2D eigenvalue weighted by Gasteiger charge is -2.22. The highest BCUT2D eigenvalue weighted by Gasteiger charge is 2.66. The molecule has 0 spiro atoms. The van der Waals surface area contributed by atoms with Gasteiger partial charge in [-0.05, 0) is 49.0 Å². The molecular formula is C16H31NO. The number of nitrogens with one attached hydrogen (secondary N) is 1. The van der Waals surface area contributed by atoms with E-state index in [1.165, 1.54) is 25.7 Å². The van der Waals surface area contributed by atoms with Crippen LogP contribution in [0.4, 0.5) is 0 Å². The fourth-order valence-corrected chi connectivity index (χ4v) is 4.14. The Kier molecular flexibility index (Phi) is 4.08. The largest absolute Gasteiger partial charge is 0.378 e. The Balaban J connectivity index is 1.88. The minimum atomic E-state index is 0.483. The summed E-state index contributed by atoms with van der Waals surface area (Å²) in [6.07, 6.45) is 5.58. The Morgan fingerprint density at radius 2 is 1.89 bits per heavy atom. The van der Waals surface area contributed by atoms with Gasteiger partial charge in [0.25, 0.3) is 0 Å². The summed E-state index contributed by atoms with van der Waals surface area (Å²) in [5.41, 5.74) is 0.965. The minimum Gasteiger partial charge on any atom is -0.378 e. The fraction of sp³-hybridized carbons (Fsp3) is 1.00. The molecule has 2 fully saturated rings. The summed E-state index contributed by atoms with van der Waals surface area (Å²) in [6, 6.07) is 0.671. The Bertz CT molecular complexity index is 265. The van der Waals surface area contributed by atoms with Gasteiger partial charge in [0.1, 0.15) is 0 Å². The summed E-state index contributed by atoms with van der Waals surface area (Å²) in [7, 11) is 0. The van der Waals surface area contributed by atoms with Crippen LogP contribution in [0.1, 0.15) is 60.3 Å². The molecule has 1 heterocycles. The van der Waals surface area contributed by atoms with Gasteiger partial charge >= 0.3 is 0 Å².